The molecule has 0 aliphatic heterocycles. The summed E-state index contributed by atoms with van der Waals surface area (Å²) in [6, 6.07) is 11.6. The number of furan rings is 1. The summed E-state index contributed by atoms with van der Waals surface area (Å²) < 4.78 is 5.87. The summed E-state index contributed by atoms with van der Waals surface area (Å²) >= 11 is 3.20. The molecule has 0 unspecified atom stereocenters. The molecular formula is C17H19BrN2O2. The van der Waals surface area contributed by atoms with Crippen molar-refractivity contribution in [1.82, 2.24) is 5.43 Å². The Morgan fingerprint density at radius 3 is 2.45 bits per heavy atom. The number of hydrogen-bond acceptors (Lipinski definition) is 3. The van der Waals surface area contributed by atoms with Crippen LogP contribution in [0.25, 0.3) is 0 Å². The number of amides is 1. The average Bonchev–Trinajstić information content (AvgIpc) is 2.84. The van der Waals surface area contributed by atoms with E-state index in [1.54, 1.807) is 12.1 Å². The molecular weight excluding hydrogens is 344 g/mol. The molecule has 2 rings (SSSR count). The Morgan fingerprint density at radius 1 is 1.23 bits per heavy atom. The van der Waals surface area contributed by atoms with Crippen molar-refractivity contribution in [3.8, 4) is 0 Å². The standard InChI is InChI=1S/C17H19BrN2O2/c1-17(2,3)13-6-4-12(5-7-13)10-16(21)20-19-11-14-8-9-15(18)22-14/h4-9,11H,10H2,1-3H3,(H,20,21)/b19-11-. The minimum absolute atomic E-state index is 0.113. The zero-order valence-corrected chi connectivity index (χ0v) is 14.5. The summed E-state index contributed by atoms with van der Waals surface area (Å²) in [6.45, 7) is 6.49. The fourth-order valence-corrected chi connectivity index (χ4v) is 2.23. The van der Waals surface area contributed by atoms with Gasteiger partial charge < -0.3 is 4.42 Å². The highest BCUT2D eigenvalue weighted by Crippen LogP contribution is 2.22. The van der Waals surface area contributed by atoms with Crippen molar-refractivity contribution in [3.63, 3.8) is 0 Å². The molecule has 0 aliphatic rings. The second-order valence-corrected chi connectivity index (χ2v) is 6.84. The van der Waals surface area contributed by atoms with Gasteiger partial charge in [0.25, 0.3) is 0 Å². The first-order valence-corrected chi connectivity index (χ1v) is 7.80. The second-order valence-electron chi connectivity index (χ2n) is 6.06. The van der Waals surface area contributed by atoms with Crippen LogP contribution < -0.4 is 5.43 Å². The van der Waals surface area contributed by atoms with E-state index in [-0.39, 0.29) is 11.3 Å². The van der Waals surface area contributed by atoms with Crippen LogP contribution in [0.4, 0.5) is 0 Å². The number of hydrogen-bond donors (Lipinski definition) is 1. The third kappa shape index (κ3) is 4.84. The number of benzene rings is 1. The van der Waals surface area contributed by atoms with Gasteiger partial charge >= 0.3 is 0 Å². The van der Waals surface area contributed by atoms with E-state index in [4.69, 9.17) is 4.42 Å². The highest BCUT2D eigenvalue weighted by atomic mass is 79.9. The van der Waals surface area contributed by atoms with Crippen LogP contribution in [-0.4, -0.2) is 12.1 Å². The maximum atomic E-state index is 11.8. The topological polar surface area (TPSA) is 54.6 Å². The molecule has 0 saturated heterocycles. The van der Waals surface area contributed by atoms with Gasteiger partial charge in [0.05, 0.1) is 12.6 Å². The summed E-state index contributed by atoms with van der Waals surface area (Å²) in [4.78, 5) is 11.8. The largest absolute Gasteiger partial charge is 0.448 e. The normalized spacial score (nSPS) is 11.8. The zero-order valence-electron chi connectivity index (χ0n) is 12.9. The van der Waals surface area contributed by atoms with Gasteiger partial charge in [-0.25, -0.2) is 5.43 Å². The van der Waals surface area contributed by atoms with Crippen LogP contribution in [0.1, 0.15) is 37.7 Å². The van der Waals surface area contributed by atoms with Gasteiger partial charge in [-0.05, 0) is 44.6 Å². The van der Waals surface area contributed by atoms with Crippen molar-refractivity contribution in [1.29, 1.82) is 0 Å². The molecule has 1 aromatic heterocycles. The quantitative estimate of drug-likeness (QED) is 0.659. The molecule has 1 N–H and O–H groups in total. The first-order valence-electron chi connectivity index (χ1n) is 7.01. The zero-order chi connectivity index (χ0) is 16.2. The number of rotatable bonds is 4. The van der Waals surface area contributed by atoms with Crippen LogP contribution in [0.15, 0.2) is 50.6 Å². The van der Waals surface area contributed by atoms with Gasteiger partial charge in [0, 0.05) is 0 Å². The fourth-order valence-electron chi connectivity index (χ4n) is 1.91. The van der Waals surface area contributed by atoms with Gasteiger partial charge in [-0.15, -0.1) is 0 Å². The molecule has 2 aromatic rings. The lowest BCUT2D eigenvalue weighted by Crippen LogP contribution is -2.20. The molecule has 0 radical (unpaired) electrons. The molecule has 4 nitrogen and oxygen atoms in total. The predicted molar refractivity (Wildman–Crippen MR) is 91.0 cm³/mol. The predicted octanol–water partition coefficient (Wildman–Crippen LogP) is 4.03. The molecule has 1 heterocycles. The highest BCUT2D eigenvalue weighted by Gasteiger charge is 2.13. The van der Waals surface area contributed by atoms with Gasteiger partial charge in [-0.3, -0.25) is 4.79 Å². The lowest BCUT2D eigenvalue weighted by molar-refractivity contribution is -0.120. The Bertz CT molecular complexity index is 667. The van der Waals surface area contributed by atoms with Gasteiger partial charge in [-0.1, -0.05) is 45.0 Å². The van der Waals surface area contributed by atoms with Gasteiger partial charge in [0.1, 0.15) is 5.76 Å². The lowest BCUT2D eigenvalue weighted by Gasteiger charge is -2.19. The molecule has 1 amide bonds. The Hall–Kier alpha value is -1.88. The minimum atomic E-state index is -0.162. The summed E-state index contributed by atoms with van der Waals surface area (Å²) in [7, 11) is 0. The lowest BCUT2D eigenvalue weighted by atomic mass is 9.86. The second kappa shape index (κ2) is 6.92. The maximum Gasteiger partial charge on any atom is 0.244 e. The Morgan fingerprint density at radius 2 is 1.91 bits per heavy atom. The monoisotopic (exact) mass is 362 g/mol. The van der Waals surface area contributed by atoms with Crippen LogP contribution in [0, 0.1) is 0 Å². The molecule has 22 heavy (non-hydrogen) atoms. The number of hydrazone groups is 1. The van der Waals surface area contributed by atoms with Crippen molar-refractivity contribution in [2.45, 2.75) is 32.6 Å². The molecule has 5 heteroatoms. The average molecular weight is 363 g/mol. The number of carbonyl (C=O) groups is 1. The first-order chi connectivity index (χ1) is 10.3. The third-order valence-electron chi connectivity index (χ3n) is 3.16. The van der Waals surface area contributed by atoms with Crippen molar-refractivity contribution in [2.75, 3.05) is 0 Å². The van der Waals surface area contributed by atoms with Crippen molar-refractivity contribution >= 4 is 28.1 Å². The van der Waals surface area contributed by atoms with E-state index in [9.17, 15) is 4.79 Å². The Kier molecular flexibility index (Phi) is 5.19. The van der Waals surface area contributed by atoms with Crippen LogP contribution in [-0.2, 0) is 16.6 Å². The number of nitrogens with zero attached hydrogens (tertiary/aromatic N) is 1. The van der Waals surface area contributed by atoms with Crippen LogP contribution >= 0.6 is 15.9 Å². The summed E-state index contributed by atoms with van der Waals surface area (Å²) in [5.74, 6) is 0.409. The Labute approximate surface area is 138 Å². The molecule has 0 saturated carbocycles. The van der Waals surface area contributed by atoms with E-state index in [1.807, 2.05) is 12.1 Å². The van der Waals surface area contributed by atoms with Crippen molar-refractivity contribution in [3.05, 3.63) is 58.0 Å². The van der Waals surface area contributed by atoms with E-state index < -0.39 is 0 Å². The third-order valence-corrected chi connectivity index (χ3v) is 3.59. The van der Waals surface area contributed by atoms with Crippen molar-refractivity contribution < 1.29 is 9.21 Å². The van der Waals surface area contributed by atoms with Gasteiger partial charge in [-0.2, -0.15) is 5.10 Å². The van der Waals surface area contributed by atoms with E-state index in [0.29, 0.717) is 16.9 Å². The minimum Gasteiger partial charge on any atom is -0.448 e. The SMILES string of the molecule is CC(C)(C)c1ccc(CC(=O)N/N=C\c2ccc(Br)o2)cc1. The molecule has 1 aromatic carbocycles. The summed E-state index contributed by atoms with van der Waals surface area (Å²) in [6.07, 6.45) is 1.76. The number of nitrogens with one attached hydrogen (secondary N) is 1. The molecule has 0 aliphatic carbocycles. The first kappa shape index (κ1) is 16.5. The van der Waals surface area contributed by atoms with E-state index in [1.165, 1.54) is 11.8 Å². The number of halogens is 1. The van der Waals surface area contributed by atoms with E-state index >= 15 is 0 Å². The smallest absolute Gasteiger partial charge is 0.244 e. The molecule has 0 fully saturated rings. The van der Waals surface area contributed by atoms with Gasteiger partial charge in [0.15, 0.2) is 4.67 Å². The van der Waals surface area contributed by atoms with Crippen molar-refractivity contribution in [2.24, 2.45) is 5.10 Å². The fraction of sp³-hybridized carbons (Fsp3) is 0.294. The Balaban J connectivity index is 1.88. The van der Waals surface area contributed by atoms with Gasteiger partial charge in [0.2, 0.25) is 5.91 Å². The number of carbonyl (C=O) groups excluding carboxylic acids is 1. The maximum absolute atomic E-state index is 11.8. The van der Waals surface area contributed by atoms with Crippen LogP contribution in [0.3, 0.4) is 0 Å². The van der Waals surface area contributed by atoms with E-state index in [2.05, 4.69) is 59.4 Å². The highest BCUT2D eigenvalue weighted by molar-refractivity contribution is 9.10. The van der Waals surface area contributed by atoms with Crippen LogP contribution in [0.5, 0.6) is 0 Å². The molecule has 0 spiro atoms. The summed E-state index contributed by atoms with van der Waals surface area (Å²) in [5.41, 5.74) is 4.81. The van der Waals surface area contributed by atoms with E-state index in [0.717, 1.165) is 5.56 Å². The van der Waals surface area contributed by atoms with Crippen LogP contribution in [0.2, 0.25) is 0 Å². The molecule has 116 valence electrons. The molecule has 0 bridgehead atoms. The molecule has 0 atom stereocenters. The summed E-state index contributed by atoms with van der Waals surface area (Å²) in [5, 5.41) is 3.87.